The van der Waals surface area contributed by atoms with Crippen molar-refractivity contribution in [3.8, 4) is 0 Å². The molecule has 0 aliphatic carbocycles. The molecule has 1 aliphatic heterocycles. The summed E-state index contributed by atoms with van der Waals surface area (Å²) in [5.41, 5.74) is -0.0411. The van der Waals surface area contributed by atoms with Crippen LogP contribution in [0.2, 0.25) is 5.02 Å². The minimum absolute atomic E-state index is 0.0426. The molecule has 1 heterocycles. The molecule has 2 rings (SSSR count). The van der Waals surface area contributed by atoms with Crippen LogP contribution in [0.25, 0.3) is 0 Å². The zero-order valence-electron chi connectivity index (χ0n) is 13.3. The molecule has 9 heteroatoms. The minimum Gasteiger partial charge on any atom is -0.355 e. The number of nitro groups is 1. The summed E-state index contributed by atoms with van der Waals surface area (Å²) < 4.78 is 0. The largest absolute Gasteiger partial charge is 0.355 e. The van der Waals surface area contributed by atoms with E-state index in [1.165, 1.54) is 18.2 Å². The van der Waals surface area contributed by atoms with Gasteiger partial charge in [-0.15, -0.1) is 0 Å². The van der Waals surface area contributed by atoms with E-state index in [0.717, 1.165) is 0 Å². The highest BCUT2D eigenvalue weighted by Gasteiger charge is 2.25. The number of nitro benzene ring substituents is 1. The molecule has 24 heavy (non-hydrogen) atoms. The Balaban J connectivity index is 1.99. The Morgan fingerprint density at radius 3 is 2.54 bits per heavy atom. The second kappa shape index (κ2) is 8.07. The number of hydrogen-bond acceptors (Lipinski definition) is 5. The van der Waals surface area contributed by atoms with Crippen molar-refractivity contribution in [3.63, 3.8) is 0 Å². The predicted molar refractivity (Wildman–Crippen MR) is 89.1 cm³/mol. The summed E-state index contributed by atoms with van der Waals surface area (Å²) >= 11 is 6.01. The number of benzene rings is 1. The van der Waals surface area contributed by atoms with Gasteiger partial charge in [-0.3, -0.25) is 24.6 Å². The van der Waals surface area contributed by atoms with E-state index in [1.807, 2.05) is 11.8 Å². The van der Waals surface area contributed by atoms with Gasteiger partial charge < -0.3 is 10.2 Å². The van der Waals surface area contributed by atoms with Gasteiger partial charge in [-0.2, -0.15) is 0 Å². The maximum absolute atomic E-state index is 12.5. The molecule has 0 bridgehead atoms. The minimum atomic E-state index is -0.558. The van der Waals surface area contributed by atoms with Crippen molar-refractivity contribution in [3.05, 3.63) is 38.9 Å². The van der Waals surface area contributed by atoms with Gasteiger partial charge in [0, 0.05) is 44.9 Å². The molecule has 1 fully saturated rings. The first kappa shape index (κ1) is 18.2. The standard InChI is InChI=1S/C15H19ClN4O4/c1-2-17-14(21)10-18-5-7-19(8-6-18)15(22)12-9-11(20(23)24)3-4-13(12)16/h3-4,9H,2,5-8,10H2,1H3,(H,17,21). The lowest BCUT2D eigenvalue weighted by Crippen LogP contribution is -2.51. The Hall–Kier alpha value is -2.19. The number of halogens is 1. The number of piperazine rings is 1. The number of amides is 2. The van der Waals surface area contributed by atoms with E-state index < -0.39 is 4.92 Å². The van der Waals surface area contributed by atoms with Crippen molar-refractivity contribution in [2.75, 3.05) is 39.3 Å². The van der Waals surface area contributed by atoms with Crippen molar-refractivity contribution in [1.82, 2.24) is 15.1 Å². The number of likely N-dealkylation sites (N-methyl/N-ethyl adjacent to an activating group) is 1. The van der Waals surface area contributed by atoms with Crippen LogP contribution in [0.5, 0.6) is 0 Å². The quantitative estimate of drug-likeness (QED) is 0.632. The number of carbonyl (C=O) groups excluding carboxylic acids is 2. The second-order valence-electron chi connectivity index (χ2n) is 5.44. The molecular weight excluding hydrogens is 336 g/mol. The molecule has 1 N–H and O–H groups in total. The van der Waals surface area contributed by atoms with Crippen molar-refractivity contribution < 1.29 is 14.5 Å². The number of rotatable bonds is 5. The lowest BCUT2D eigenvalue weighted by molar-refractivity contribution is -0.384. The van der Waals surface area contributed by atoms with E-state index in [-0.39, 0.29) is 28.1 Å². The molecule has 0 atom stereocenters. The molecule has 0 radical (unpaired) electrons. The third-order valence-corrected chi connectivity index (χ3v) is 4.12. The van der Waals surface area contributed by atoms with Crippen molar-refractivity contribution in [1.29, 1.82) is 0 Å². The van der Waals surface area contributed by atoms with Crippen LogP contribution >= 0.6 is 11.6 Å². The lowest BCUT2D eigenvalue weighted by atomic mass is 10.1. The molecule has 0 aromatic heterocycles. The zero-order valence-corrected chi connectivity index (χ0v) is 14.1. The molecule has 0 unspecified atom stereocenters. The summed E-state index contributed by atoms with van der Waals surface area (Å²) in [6, 6.07) is 3.83. The summed E-state index contributed by atoms with van der Waals surface area (Å²) in [6.07, 6.45) is 0. The number of nitrogens with zero attached hydrogens (tertiary/aromatic N) is 3. The Morgan fingerprint density at radius 1 is 1.29 bits per heavy atom. The third kappa shape index (κ3) is 4.42. The highest BCUT2D eigenvalue weighted by atomic mass is 35.5. The van der Waals surface area contributed by atoms with Crippen molar-refractivity contribution in [2.45, 2.75) is 6.92 Å². The van der Waals surface area contributed by atoms with E-state index in [1.54, 1.807) is 4.90 Å². The lowest BCUT2D eigenvalue weighted by Gasteiger charge is -2.34. The molecular formula is C15H19ClN4O4. The van der Waals surface area contributed by atoms with Gasteiger partial charge in [-0.05, 0) is 13.0 Å². The van der Waals surface area contributed by atoms with Crippen LogP contribution in [0.4, 0.5) is 5.69 Å². The predicted octanol–water partition coefficient (Wildman–Crippen LogP) is 1.14. The average Bonchev–Trinajstić information content (AvgIpc) is 2.55. The maximum Gasteiger partial charge on any atom is 0.270 e. The highest BCUT2D eigenvalue weighted by Crippen LogP contribution is 2.23. The van der Waals surface area contributed by atoms with Crippen LogP contribution in [-0.2, 0) is 4.79 Å². The van der Waals surface area contributed by atoms with E-state index in [0.29, 0.717) is 39.3 Å². The Labute approximate surface area is 144 Å². The highest BCUT2D eigenvalue weighted by molar-refractivity contribution is 6.33. The Kier molecular flexibility index (Phi) is 6.10. The molecule has 1 saturated heterocycles. The fourth-order valence-electron chi connectivity index (χ4n) is 2.53. The van der Waals surface area contributed by atoms with Gasteiger partial charge in [0.2, 0.25) is 5.91 Å². The summed E-state index contributed by atoms with van der Waals surface area (Å²) in [4.78, 5) is 38.0. The number of carbonyl (C=O) groups is 2. The Morgan fingerprint density at radius 2 is 1.96 bits per heavy atom. The first-order chi connectivity index (χ1) is 11.4. The molecule has 1 aromatic rings. The average molecular weight is 355 g/mol. The summed E-state index contributed by atoms with van der Waals surface area (Å²) in [5, 5.41) is 13.8. The molecule has 2 amide bonds. The molecule has 1 aliphatic rings. The van der Waals surface area contributed by atoms with Gasteiger partial charge >= 0.3 is 0 Å². The van der Waals surface area contributed by atoms with E-state index in [2.05, 4.69) is 5.32 Å². The van der Waals surface area contributed by atoms with Gasteiger partial charge in [0.05, 0.1) is 22.1 Å². The van der Waals surface area contributed by atoms with Gasteiger partial charge in [0.15, 0.2) is 0 Å². The molecule has 1 aromatic carbocycles. The van der Waals surface area contributed by atoms with E-state index >= 15 is 0 Å². The van der Waals surface area contributed by atoms with Crippen LogP contribution in [0.1, 0.15) is 17.3 Å². The van der Waals surface area contributed by atoms with Crippen LogP contribution in [0, 0.1) is 10.1 Å². The van der Waals surface area contributed by atoms with Gasteiger partial charge in [0.25, 0.3) is 11.6 Å². The monoisotopic (exact) mass is 354 g/mol. The zero-order chi connectivity index (χ0) is 17.7. The van der Waals surface area contributed by atoms with E-state index in [4.69, 9.17) is 11.6 Å². The van der Waals surface area contributed by atoms with Crippen LogP contribution in [0.3, 0.4) is 0 Å². The summed E-state index contributed by atoms with van der Waals surface area (Å²) in [7, 11) is 0. The SMILES string of the molecule is CCNC(=O)CN1CCN(C(=O)c2cc([N+](=O)[O-])ccc2Cl)CC1. The summed E-state index contributed by atoms with van der Waals surface area (Å²) in [5.74, 6) is -0.375. The van der Waals surface area contributed by atoms with Crippen molar-refractivity contribution >= 4 is 29.1 Å². The number of hydrogen-bond donors (Lipinski definition) is 1. The molecule has 8 nitrogen and oxygen atoms in total. The van der Waals surface area contributed by atoms with E-state index in [9.17, 15) is 19.7 Å². The van der Waals surface area contributed by atoms with Crippen LogP contribution < -0.4 is 5.32 Å². The van der Waals surface area contributed by atoms with Gasteiger partial charge in [0.1, 0.15) is 0 Å². The number of nitrogens with one attached hydrogen (secondary N) is 1. The molecule has 0 saturated carbocycles. The molecule has 0 spiro atoms. The fraction of sp³-hybridized carbons (Fsp3) is 0.467. The Bertz CT molecular complexity index is 644. The summed E-state index contributed by atoms with van der Waals surface area (Å²) in [6.45, 7) is 4.76. The third-order valence-electron chi connectivity index (χ3n) is 3.79. The normalized spacial score (nSPS) is 15.2. The fourth-order valence-corrected chi connectivity index (χ4v) is 2.72. The van der Waals surface area contributed by atoms with Gasteiger partial charge in [-0.1, -0.05) is 11.6 Å². The molecule has 130 valence electrons. The van der Waals surface area contributed by atoms with Gasteiger partial charge in [-0.25, -0.2) is 0 Å². The van der Waals surface area contributed by atoms with Crippen LogP contribution in [0.15, 0.2) is 18.2 Å². The van der Waals surface area contributed by atoms with Crippen LogP contribution in [-0.4, -0.2) is 65.8 Å². The second-order valence-corrected chi connectivity index (χ2v) is 5.85. The maximum atomic E-state index is 12.5. The van der Waals surface area contributed by atoms with Crippen molar-refractivity contribution in [2.24, 2.45) is 0 Å². The first-order valence-corrected chi connectivity index (χ1v) is 8.02. The number of non-ortho nitro benzene ring substituents is 1. The first-order valence-electron chi connectivity index (χ1n) is 7.64. The smallest absolute Gasteiger partial charge is 0.270 e. The topological polar surface area (TPSA) is 95.8 Å².